The summed E-state index contributed by atoms with van der Waals surface area (Å²) >= 11 is 0. The maximum absolute atomic E-state index is 6.20. The maximum Gasteiger partial charge on any atom is 0.180 e. The third-order valence-corrected chi connectivity index (χ3v) is 5.81. The minimum Gasteiger partial charge on any atom is -0.505 e. The molecule has 0 fully saturated rings. The lowest BCUT2D eigenvalue weighted by Crippen LogP contribution is -2.43. The van der Waals surface area contributed by atoms with E-state index in [2.05, 4.69) is 13.8 Å². The van der Waals surface area contributed by atoms with Crippen LogP contribution in [0, 0.1) is 0 Å². The number of methoxy groups -OCH3 is 2. The molecule has 0 amide bonds. The highest BCUT2D eigenvalue weighted by molar-refractivity contribution is 4.81. The molecule has 0 radical (unpaired) electrons. The van der Waals surface area contributed by atoms with Crippen LogP contribution in [0.2, 0.25) is 0 Å². The van der Waals surface area contributed by atoms with Crippen LogP contribution < -0.4 is 5.73 Å². The number of rotatable bonds is 26. The predicted octanol–water partition coefficient (Wildman–Crippen LogP) is 6.37. The van der Waals surface area contributed by atoms with Gasteiger partial charge < -0.3 is 29.4 Å². The molecule has 0 rings (SSSR count). The molecule has 198 valence electrons. The van der Waals surface area contributed by atoms with E-state index in [1.165, 1.54) is 77.0 Å². The van der Waals surface area contributed by atoms with Crippen molar-refractivity contribution in [3.63, 3.8) is 0 Å². The molecule has 6 nitrogen and oxygen atoms in total. The van der Waals surface area contributed by atoms with Gasteiger partial charge in [0.2, 0.25) is 0 Å². The Hall–Kier alpha value is -0.660. The summed E-state index contributed by atoms with van der Waals surface area (Å²) < 4.78 is 28.6. The third kappa shape index (κ3) is 20.4. The zero-order chi connectivity index (χ0) is 24.4. The van der Waals surface area contributed by atoms with Crippen molar-refractivity contribution in [1.29, 1.82) is 0 Å². The van der Waals surface area contributed by atoms with E-state index in [9.17, 15) is 0 Å². The van der Waals surface area contributed by atoms with Gasteiger partial charge in [-0.1, -0.05) is 90.9 Å². The van der Waals surface area contributed by atoms with Gasteiger partial charge >= 0.3 is 0 Å². The largest absolute Gasteiger partial charge is 0.505 e. The fraction of sp³-hybridized carbons (Fsp3) is 0.926. The molecule has 0 saturated carbocycles. The molecule has 0 heterocycles. The van der Waals surface area contributed by atoms with E-state index in [1.54, 1.807) is 26.6 Å². The first-order valence-corrected chi connectivity index (χ1v) is 13.5. The molecule has 0 spiro atoms. The lowest BCUT2D eigenvalue weighted by atomic mass is 10.1. The predicted molar refractivity (Wildman–Crippen MR) is 137 cm³/mol. The Labute approximate surface area is 204 Å². The average Bonchev–Trinajstić information content (AvgIpc) is 2.83. The molecule has 6 heteroatoms. The number of nitrogens with two attached hydrogens (primary N) is 1. The lowest BCUT2D eigenvalue weighted by molar-refractivity contribution is -0.173. The Morgan fingerprint density at radius 3 is 1.76 bits per heavy atom. The maximum atomic E-state index is 6.20. The first-order valence-electron chi connectivity index (χ1n) is 13.5. The summed E-state index contributed by atoms with van der Waals surface area (Å²) in [7, 11) is 3.19. The molecule has 0 bridgehead atoms. The van der Waals surface area contributed by atoms with Crippen LogP contribution in [0.25, 0.3) is 0 Å². The minimum absolute atomic E-state index is 0.215. The molecule has 0 aromatic rings. The Bertz CT molecular complexity index is 408. The third-order valence-electron chi connectivity index (χ3n) is 5.81. The lowest BCUT2D eigenvalue weighted by Gasteiger charge is -2.28. The smallest absolute Gasteiger partial charge is 0.180 e. The fourth-order valence-corrected chi connectivity index (χ4v) is 3.71. The summed E-state index contributed by atoms with van der Waals surface area (Å²) in [6.07, 6.45) is 19.9. The second-order valence-electron chi connectivity index (χ2n) is 8.81. The molecule has 3 atom stereocenters. The first kappa shape index (κ1) is 32.3. The summed E-state index contributed by atoms with van der Waals surface area (Å²) in [6, 6.07) is 0. The summed E-state index contributed by atoms with van der Waals surface area (Å²) in [4.78, 5) is 0. The first-order chi connectivity index (χ1) is 16.2. The number of hydrogen-bond acceptors (Lipinski definition) is 6. The van der Waals surface area contributed by atoms with Crippen molar-refractivity contribution in [3.8, 4) is 0 Å². The molecular weight excluding hydrogens is 418 g/mol. The topological polar surface area (TPSA) is 72.2 Å². The summed E-state index contributed by atoms with van der Waals surface area (Å²) in [5.41, 5.74) is 6.04. The highest BCUT2D eigenvalue weighted by Gasteiger charge is 2.25. The number of hydrogen-bond donors (Lipinski definition) is 1. The van der Waals surface area contributed by atoms with Crippen LogP contribution in [-0.4, -0.2) is 59.1 Å². The van der Waals surface area contributed by atoms with Gasteiger partial charge in [0.15, 0.2) is 6.29 Å². The van der Waals surface area contributed by atoms with E-state index in [0.717, 1.165) is 19.4 Å². The summed E-state index contributed by atoms with van der Waals surface area (Å²) in [5.74, 6) is 0. The monoisotopic (exact) mass is 473 g/mol. The molecule has 2 unspecified atom stereocenters. The van der Waals surface area contributed by atoms with Crippen LogP contribution in [0.4, 0.5) is 0 Å². The van der Waals surface area contributed by atoms with Crippen LogP contribution in [0.5, 0.6) is 0 Å². The summed E-state index contributed by atoms with van der Waals surface area (Å²) in [6.45, 7) is 6.77. The van der Waals surface area contributed by atoms with Gasteiger partial charge in [0, 0.05) is 32.9 Å². The van der Waals surface area contributed by atoms with Gasteiger partial charge in [-0.3, -0.25) is 0 Å². The van der Waals surface area contributed by atoms with E-state index in [-0.39, 0.29) is 12.2 Å². The van der Waals surface area contributed by atoms with Gasteiger partial charge in [-0.05, 0) is 12.8 Å². The summed E-state index contributed by atoms with van der Waals surface area (Å²) in [5, 5.41) is 0. The molecule has 0 saturated heterocycles. The van der Waals surface area contributed by atoms with Gasteiger partial charge in [0.25, 0.3) is 0 Å². The molecule has 0 aliphatic rings. The van der Waals surface area contributed by atoms with Crippen molar-refractivity contribution in [2.45, 2.75) is 122 Å². The SMILES string of the molecule is CCCCCCCCCOC[C@H](OCCCCCCCCC)C(CN)OC(C=COC)OC. The highest BCUT2D eigenvalue weighted by atomic mass is 16.7. The number of ether oxygens (including phenoxy) is 5. The molecule has 0 aliphatic carbocycles. The van der Waals surface area contributed by atoms with Gasteiger partial charge in [0.1, 0.15) is 12.2 Å². The van der Waals surface area contributed by atoms with Crippen molar-refractivity contribution in [2.75, 3.05) is 40.6 Å². The van der Waals surface area contributed by atoms with Crippen molar-refractivity contribution in [2.24, 2.45) is 5.73 Å². The van der Waals surface area contributed by atoms with Crippen LogP contribution >= 0.6 is 0 Å². The zero-order valence-electron chi connectivity index (χ0n) is 22.2. The fourth-order valence-electron chi connectivity index (χ4n) is 3.71. The van der Waals surface area contributed by atoms with Gasteiger partial charge in [-0.15, -0.1) is 0 Å². The van der Waals surface area contributed by atoms with Crippen LogP contribution in [0.1, 0.15) is 104 Å². The Kier molecular flexibility index (Phi) is 25.4. The molecule has 2 N–H and O–H groups in total. The zero-order valence-corrected chi connectivity index (χ0v) is 22.2. The van der Waals surface area contributed by atoms with E-state index >= 15 is 0 Å². The van der Waals surface area contributed by atoms with Crippen LogP contribution in [-0.2, 0) is 23.7 Å². The molecule has 0 aliphatic heterocycles. The number of unbranched alkanes of at least 4 members (excludes halogenated alkanes) is 12. The second-order valence-corrected chi connectivity index (χ2v) is 8.81. The van der Waals surface area contributed by atoms with E-state index < -0.39 is 6.29 Å². The quantitative estimate of drug-likeness (QED) is 0.0894. The normalized spacial score (nSPS) is 14.6. The van der Waals surface area contributed by atoms with Crippen molar-refractivity contribution in [1.82, 2.24) is 0 Å². The van der Waals surface area contributed by atoms with E-state index in [0.29, 0.717) is 19.8 Å². The molecular formula is C27H55NO5. The molecule has 33 heavy (non-hydrogen) atoms. The Morgan fingerprint density at radius 1 is 0.697 bits per heavy atom. The Morgan fingerprint density at radius 2 is 1.24 bits per heavy atom. The van der Waals surface area contributed by atoms with Crippen molar-refractivity contribution in [3.05, 3.63) is 12.3 Å². The van der Waals surface area contributed by atoms with Crippen molar-refractivity contribution < 1.29 is 23.7 Å². The molecule has 0 aromatic heterocycles. The van der Waals surface area contributed by atoms with Gasteiger partial charge in [0.05, 0.1) is 20.0 Å². The molecule has 0 aromatic carbocycles. The van der Waals surface area contributed by atoms with Crippen molar-refractivity contribution >= 4 is 0 Å². The second kappa shape index (κ2) is 26.0. The van der Waals surface area contributed by atoms with Gasteiger partial charge in [-0.2, -0.15) is 0 Å². The Balaban J connectivity index is 4.43. The average molecular weight is 474 g/mol. The van der Waals surface area contributed by atoms with Crippen LogP contribution in [0.15, 0.2) is 12.3 Å². The van der Waals surface area contributed by atoms with Crippen LogP contribution in [0.3, 0.4) is 0 Å². The highest BCUT2D eigenvalue weighted by Crippen LogP contribution is 2.13. The van der Waals surface area contributed by atoms with E-state index in [4.69, 9.17) is 29.4 Å². The standard InChI is InChI=1S/C27H55NO5/c1-5-7-9-11-13-15-17-20-31-24-26(32-21-18-16-14-12-10-8-6-2)25(23-28)33-27(30-4)19-22-29-3/h19,22,25-27H,5-18,20-21,23-24,28H2,1-4H3/t25?,26-,27?/m0/s1. The van der Waals surface area contributed by atoms with E-state index in [1.807, 2.05) is 0 Å². The minimum atomic E-state index is -0.536. The van der Waals surface area contributed by atoms with Gasteiger partial charge in [-0.25, -0.2) is 0 Å².